The minimum absolute atomic E-state index is 0.0142. The van der Waals surface area contributed by atoms with Gasteiger partial charge in [-0.3, -0.25) is 0 Å². The van der Waals surface area contributed by atoms with Crippen LogP contribution >= 0.6 is 11.8 Å². The number of hydrogen-bond acceptors (Lipinski definition) is 7. The van der Waals surface area contributed by atoms with Crippen LogP contribution in [0.2, 0.25) is 0 Å². The molecule has 9 heteroatoms. The minimum Gasteiger partial charge on any atom is -0.424 e. The molecule has 0 spiro atoms. The predicted octanol–water partition coefficient (Wildman–Crippen LogP) is 5.68. The molecule has 1 aromatic heterocycles. The monoisotopic (exact) mass is 432 g/mol. The molecule has 0 saturated heterocycles. The summed E-state index contributed by atoms with van der Waals surface area (Å²) in [6.45, 7) is 7.05. The maximum Gasteiger partial charge on any atom is 0.330 e. The van der Waals surface area contributed by atoms with Crippen LogP contribution in [0.1, 0.15) is 20.8 Å². The lowest BCUT2D eigenvalue weighted by Gasteiger charge is -2.17. The van der Waals surface area contributed by atoms with E-state index in [4.69, 9.17) is 9.47 Å². The fourth-order valence-electron chi connectivity index (χ4n) is 2.24. The van der Waals surface area contributed by atoms with Gasteiger partial charge in [-0.1, -0.05) is 20.8 Å². The van der Waals surface area contributed by atoms with E-state index in [1.165, 1.54) is 48.5 Å². The highest BCUT2D eigenvalue weighted by atomic mass is 32.2. The molecular weight excluding hydrogens is 410 g/mol. The predicted molar refractivity (Wildman–Crippen MR) is 113 cm³/mol. The van der Waals surface area contributed by atoms with Gasteiger partial charge in [-0.05, 0) is 48.5 Å². The molecule has 0 fully saturated rings. The lowest BCUT2D eigenvalue weighted by atomic mass is 10.3. The van der Waals surface area contributed by atoms with Crippen LogP contribution in [0.25, 0.3) is 0 Å². The minimum atomic E-state index is -0.378. The molecule has 0 bridgehead atoms. The third-order valence-electron chi connectivity index (χ3n) is 3.56. The first kappa shape index (κ1) is 21.8. The fourth-order valence-corrected chi connectivity index (χ4v) is 3.06. The molecule has 0 aliphatic carbocycles. The van der Waals surface area contributed by atoms with Crippen LogP contribution in [0.15, 0.2) is 48.5 Å². The molecule has 2 aromatic carbocycles. The third kappa shape index (κ3) is 7.14. The highest BCUT2D eigenvalue weighted by Crippen LogP contribution is 2.25. The summed E-state index contributed by atoms with van der Waals surface area (Å²) >= 11 is 1.80. The standard InChI is InChI=1S/C21H22F2N4O2S/c1-21(2,3)30-13-12-24-18-25-19(28-16-8-4-14(22)5-9-16)27-20(26-18)29-17-10-6-15(23)7-11-17/h4-11H,12-13H2,1-3H3,(H,24,25,26,27). The molecule has 0 aliphatic heterocycles. The number of ether oxygens (including phenoxy) is 2. The molecule has 158 valence electrons. The van der Waals surface area contributed by atoms with E-state index in [0.29, 0.717) is 18.0 Å². The number of halogens is 2. The zero-order chi connectivity index (χ0) is 21.6. The fraction of sp³-hybridized carbons (Fsp3) is 0.286. The first-order chi connectivity index (χ1) is 14.3. The van der Waals surface area contributed by atoms with Gasteiger partial charge in [0.2, 0.25) is 5.95 Å². The smallest absolute Gasteiger partial charge is 0.330 e. The van der Waals surface area contributed by atoms with Crippen molar-refractivity contribution in [3.63, 3.8) is 0 Å². The van der Waals surface area contributed by atoms with Crippen LogP contribution in [0.3, 0.4) is 0 Å². The molecule has 0 atom stereocenters. The van der Waals surface area contributed by atoms with E-state index in [1.54, 1.807) is 11.8 Å². The van der Waals surface area contributed by atoms with Gasteiger partial charge in [-0.25, -0.2) is 8.78 Å². The Kier molecular flexibility index (Phi) is 7.04. The number of aromatic nitrogens is 3. The van der Waals surface area contributed by atoms with E-state index in [9.17, 15) is 8.78 Å². The van der Waals surface area contributed by atoms with Gasteiger partial charge in [-0.2, -0.15) is 21.7 Å². The van der Waals surface area contributed by atoms with Crippen molar-refractivity contribution in [1.29, 1.82) is 0 Å². The average Bonchev–Trinajstić information content (AvgIpc) is 2.68. The van der Waals surface area contributed by atoms with Crippen LogP contribution in [-0.4, -0.2) is 32.0 Å². The number of nitrogens with one attached hydrogen (secondary N) is 1. The van der Waals surface area contributed by atoms with Crippen molar-refractivity contribution in [1.82, 2.24) is 15.0 Å². The second-order valence-electron chi connectivity index (χ2n) is 7.22. The molecule has 0 radical (unpaired) electrons. The van der Waals surface area contributed by atoms with Gasteiger partial charge in [0.1, 0.15) is 23.1 Å². The lowest BCUT2D eigenvalue weighted by Crippen LogP contribution is -2.14. The second kappa shape index (κ2) is 9.71. The van der Waals surface area contributed by atoms with Gasteiger partial charge >= 0.3 is 12.0 Å². The first-order valence-electron chi connectivity index (χ1n) is 9.28. The Morgan fingerprint density at radius 1 is 0.800 bits per heavy atom. The Morgan fingerprint density at radius 3 is 1.70 bits per heavy atom. The Bertz CT molecular complexity index is 898. The van der Waals surface area contributed by atoms with Gasteiger partial charge in [-0.15, -0.1) is 4.98 Å². The Morgan fingerprint density at radius 2 is 1.27 bits per heavy atom. The summed E-state index contributed by atoms with van der Waals surface area (Å²) in [6, 6.07) is 10.9. The van der Waals surface area contributed by atoms with Gasteiger partial charge in [0.25, 0.3) is 0 Å². The zero-order valence-electron chi connectivity index (χ0n) is 16.9. The van der Waals surface area contributed by atoms with Crippen LogP contribution in [0.5, 0.6) is 23.5 Å². The van der Waals surface area contributed by atoms with Crippen molar-refractivity contribution < 1.29 is 18.3 Å². The summed E-state index contributed by atoms with van der Waals surface area (Å²) in [5.41, 5.74) is 0. The zero-order valence-corrected chi connectivity index (χ0v) is 17.7. The Hall–Kier alpha value is -2.94. The van der Waals surface area contributed by atoms with Crippen molar-refractivity contribution in [2.45, 2.75) is 25.5 Å². The van der Waals surface area contributed by atoms with Crippen molar-refractivity contribution in [2.75, 3.05) is 17.6 Å². The molecule has 0 unspecified atom stereocenters. The summed E-state index contributed by atoms with van der Waals surface area (Å²) < 4.78 is 37.6. The van der Waals surface area contributed by atoms with Gasteiger partial charge in [0.05, 0.1) is 0 Å². The molecule has 0 amide bonds. The first-order valence-corrected chi connectivity index (χ1v) is 10.3. The number of nitrogens with zero attached hydrogens (tertiary/aromatic N) is 3. The summed E-state index contributed by atoms with van der Waals surface area (Å²) in [6.07, 6.45) is 0. The molecular formula is C21H22F2N4O2S. The van der Waals surface area contributed by atoms with E-state index in [1.807, 2.05) is 0 Å². The van der Waals surface area contributed by atoms with Crippen molar-refractivity contribution >= 4 is 17.7 Å². The molecule has 3 aromatic rings. The normalized spacial score (nSPS) is 11.2. The van der Waals surface area contributed by atoms with E-state index < -0.39 is 0 Å². The average molecular weight is 432 g/mol. The van der Waals surface area contributed by atoms with E-state index in [2.05, 4.69) is 41.0 Å². The molecule has 30 heavy (non-hydrogen) atoms. The summed E-state index contributed by atoms with van der Waals surface area (Å²) in [4.78, 5) is 12.6. The third-order valence-corrected chi connectivity index (χ3v) is 4.83. The molecule has 1 N–H and O–H groups in total. The van der Waals surface area contributed by atoms with Crippen LogP contribution in [0.4, 0.5) is 14.7 Å². The largest absolute Gasteiger partial charge is 0.424 e. The van der Waals surface area contributed by atoms with Gasteiger partial charge in [0, 0.05) is 17.0 Å². The molecule has 6 nitrogen and oxygen atoms in total. The van der Waals surface area contributed by atoms with Crippen molar-refractivity contribution in [3.05, 3.63) is 60.2 Å². The summed E-state index contributed by atoms with van der Waals surface area (Å²) in [5, 5.41) is 3.12. The van der Waals surface area contributed by atoms with Gasteiger partial charge < -0.3 is 14.8 Å². The maximum atomic E-state index is 13.1. The molecule has 1 heterocycles. The number of rotatable bonds is 8. The number of thioether (sulfide) groups is 1. The number of anilines is 1. The van der Waals surface area contributed by atoms with E-state index >= 15 is 0 Å². The van der Waals surface area contributed by atoms with E-state index in [0.717, 1.165) is 5.75 Å². The highest BCUT2D eigenvalue weighted by Gasteiger charge is 2.13. The second-order valence-corrected chi connectivity index (χ2v) is 9.15. The maximum absolute atomic E-state index is 13.1. The SMILES string of the molecule is CC(C)(C)SCCNc1nc(Oc2ccc(F)cc2)nc(Oc2ccc(F)cc2)n1. The van der Waals surface area contributed by atoms with Gasteiger partial charge in [0.15, 0.2) is 0 Å². The number of hydrogen-bond donors (Lipinski definition) is 1. The highest BCUT2D eigenvalue weighted by molar-refractivity contribution is 8.00. The molecule has 0 saturated carbocycles. The van der Waals surface area contributed by atoms with E-state index in [-0.39, 0.29) is 34.4 Å². The quantitative estimate of drug-likeness (QED) is 0.459. The summed E-state index contributed by atoms with van der Waals surface area (Å²) in [5.74, 6) is 1.09. The molecule has 0 aliphatic rings. The summed E-state index contributed by atoms with van der Waals surface area (Å²) in [7, 11) is 0. The van der Waals surface area contributed by atoms with Crippen LogP contribution in [0, 0.1) is 11.6 Å². The van der Waals surface area contributed by atoms with Crippen molar-refractivity contribution in [2.24, 2.45) is 0 Å². The molecule has 3 rings (SSSR count). The van der Waals surface area contributed by atoms with Crippen molar-refractivity contribution in [3.8, 4) is 23.5 Å². The number of benzene rings is 2. The Labute approximate surface area is 178 Å². The Balaban J connectivity index is 1.77. The van der Waals surface area contributed by atoms with Crippen LogP contribution in [-0.2, 0) is 0 Å². The lowest BCUT2D eigenvalue weighted by molar-refractivity contribution is 0.397. The van der Waals surface area contributed by atoms with Crippen LogP contribution < -0.4 is 14.8 Å². The topological polar surface area (TPSA) is 69.2 Å².